The van der Waals surface area contributed by atoms with Gasteiger partial charge in [0.15, 0.2) is 6.29 Å². The van der Waals surface area contributed by atoms with E-state index in [2.05, 4.69) is 43.0 Å². The molecule has 0 spiro atoms. The van der Waals surface area contributed by atoms with Crippen molar-refractivity contribution in [3.8, 4) is 0 Å². The minimum atomic E-state index is -0.269. The minimum absolute atomic E-state index is 0.269. The van der Waals surface area contributed by atoms with Crippen molar-refractivity contribution in [2.75, 3.05) is 39.6 Å². The van der Waals surface area contributed by atoms with Gasteiger partial charge >= 0.3 is 0 Å². The summed E-state index contributed by atoms with van der Waals surface area (Å²) in [5.74, 6) is 1.12. The molecule has 0 unspecified atom stereocenters. The Morgan fingerprint density at radius 1 is 1.05 bits per heavy atom. The van der Waals surface area contributed by atoms with Gasteiger partial charge in [-0.2, -0.15) is 0 Å². The molecule has 1 aromatic carbocycles. The molecule has 0 radical (unpaired) electrons. The first-order chi connectivity index (χ1) is 9.24. The second kappa shape index (κ2) is 9.37. The van der Waals surface area contributed by atoms with Crippen LogP contribution >= 0.6 is 11.8 Å². The van der Waals surface area contributed by atoms with Crippen LogP contribution in [0.3, 0.4) is 0 Å². The van der Waals surface area contributed by atoms with Gasteiger partial charge in [0.25, 0.3) is 0 Å². The van der Waals surface area contributed by atoms with Gasteiger partial charge in [-0.25, -0.2) is 0 Å². The van der Waals surface area contributed by atoms with Gasteiger partial charge in [-0.15, -0.1) is 11.8 Å². The van der Waals surface area contributed by atoms with Crippen LogP contribution in [0.4, 0.5) is 0 Å². The smallest absolute Gasteiger partial charge is 0.183 e. The van der Waals surface area contributed by atoms with Crippen molar-refractivity contribution >= 4 is 11.8 Å². The summed E-state index contributed by atoms with van der Waals surface area (Å²) >= 11 is 1.89. The predicted octanol–water partition coefficient (Wildman–Crippen LogP) is 3.41. The third-order valence-electron chi connectivity index (χ3n) is 3.15. The molecule has 0 atom stereocenters. The van der Waals surface area contributed by atoms with E-state index in [0.717, 1.165) is 31.0 Å². The number of thioether (sulfide) groups is 1. The fourth-order valence-corrected chi connectivity index (χ4v) is 2.84. The van der Waals surface area contributed by atoms with Gasteiger partial charge in [0.05, 0.1) is 0 Å². The Morgan fingerprint density at radius 2 is 1.63 bits per heavy atom. The van der Waals surface area contributed by atoms with Crippen LogP contribution in [0.2, 0.25) is 0 Å². The van der Waals surface area contributed by atoms with Gasteiger partial charge in [-0.05, 0) is 25.2 Å². The molecule has 0 fully saturated rings. The Bertz CT molecular complexity index is 335. The average Bonchev–Trinajstić information content (AvgIpc) is 2.46. The lowest BCUT2D eigenvalue weighted by atomic mass is 10.2. The molecule has 1 aromatic rings. The summed E-state index contributed by atoms with van der Waals surface area (Å²) in [5.41, 5.74) is 1.05. The maximum atomic E-state index is 5.23. The number of benzene rings is 1. The van der Waals surface area contributed by atoms with Crippen LogP contribution < -0.4 is 0 Å². The Kier molecular flexibility index (Phi) is 8.14. The van der Waals surface area contributed by atoms with Crippen LogP contribution in [0.5, 0.6) is 0 Å². The van der Waals surface area contributed by atoms with Crippen LogP contribution in [-0.2, 0) is 9.47 Å². The highest BCUT2D eigenvalue weighted by Crippen LogP contribution is 2.22. The Morgan fingerprint density at radius 3 is 2.11 bits per heavy atom. The first-order valence-corrected chi connectivity index (χ1v) is 7.74. The molecule has 0 saturated heterocycles. The maximum Gasteiger partial charge on any atom is 0.183 e. The number of methoxy groups -OCH3 is 2. The van der Waals surface area contributed by atoms with E-state index < -0.39 is 0 Å². The highest BCUT2D eigenvalue weighted by atomic mass is 32.2. The van der Waals surface area contributed by atoms with Crippen LogP contribution in [0, 0.1) is 0 Å². The number of nitrogens with zero attached hydrogens (tertiary/aromatic N) is 1. The van der Waals surface area contributed by atoms with Crippen molar-refractivity contribution in [1.82, 2.24) is 4.90 Å². The predicted molar refractivity (Wildman–Crippen MR) is 81.7 cm³/mol. The summed E-state index contributed by atoms with van der Waals surface area (Å²) in [5, 5.41) is 0. The molecule has 0 aromatic heterocycles. The molecule has 0 bridgehead atoms. The van der Waals surface area contributed by atoms with Gasteiger partial charge in [0, 0.05) is 37.0 Å². The molecule has 0 amide bonds. The first-order valence-electron chi connectivity index (χ1n) is 6.75. The molecule has 0 heterocycles. The molecule has 4 heteroatoms. The molecule has 1 rings (SSSR count). The zero-order valence-electron chi connectivity index (χ0n) is 12.4. The number of hydrogen-bond acceptors (Lipinski definition) is 4. The molecule has 0 aliphatic heterocycles. The largest absolute Gasteiger partial charge is 0.352 e. The van der Waals surface area contributed by atoms with Crippen molar-refractivity contribution < 1.29 is 9.47 Å². The monoisotopic (exact) mass is 283 g/mol. The summed E-state index contributed by atoms with van der Waals surface area (Å²) in [6.07, 6.45) is -0.269. The lowest BCUT2D eigenvalue weighted by molar-refractivity contribution is -0.106. The molecule has 0 aliphatic rings. The summed E-state index contributed by atoms with van der Waals surface area (Å²) in [6, 6.07) is 8.40. The Balaban J connectivity index is 2.44. The molecule has 0 aliphatic carbocycles. The average molecular weight is 283 g/mol. The van der Waals surface area contributed by atoms with E-state index in [1.165, 1.54) is 4.90 Å². The van der Waals surface area contributed by atoms with Crippen LogP contribution in [0.1, 0.15) is 25.7 Å². The molecule has 0 N–H and O–H groups in total. The highest BCUT2D eigenvalue weighted by Gasteiger charge is 2.08. The normalized spacial score (nSPS) is 11.5. The zero-order chi connectivity index (χ0) is 14.1. The van der Waals surface area contributed by atoms with Gasteiger partial charge in [0.2, 0.25) is 0 Å². The van der Waals surface area contributed by atoms with Crippen LogP contribution in [-0.4, -0.2) is 44.5 Å². The van der Waals surface area contributed by atoms with E-state index in [0.29, 0.717) is 0 Å². The zero-order valence-corrected chi connectivity index (χ0v) is 13.2. The first kappa shape index (κ1) is 16.5. The van der Waals surface area contributed by atoms with Gasteiger partial charge in [-0.3, -0.25) is 0 Å². The van der Waals surface area contributed by atoms with Gasteiger partial charge in [-0.1, -0.05) is 26.0 Å². The van der Waals surface area contributed by atoms with Crippen molar-refractivity contribution in [3.05, 3.63) is 29.8 Å². The molecule has 19 heavy (non-hydrogen) atoms. The van der Waals surface area contributed by atoms with E-state index in [4.69, 9.17) is 9.47 Å². The topological polar surface area (TPSA) is 21.7 Å². The second-order valence-corrected chi connectivity index (χ2v) is 5.42. The van der Waals surface area contributed by atoms with E-state index in [1.807, 2.05) is 11.8 Å². The highest BCUT2D eigenvalue weighted by molar-refractivity contribution is 7.99. The number of hydrogen-bond donors (Lipinski definition) is 0. The molecular formula is C15H25NO2S. The third kappa shape index (κ3) is 5.53. The molecule has 3 nitrogen and oxygen atoms in total. The number of rotatable bonds is 9. The summed E-state index contributed by atoms with van der Waals surface area (Å²) in [4.78, 5) is 3.73. The van der Waals surface area contributed by atoms with Crippen LogP contribution in [0.25, 0.3) is 0 Å². The van der Waals surface area contributed by atoms with E-state index in [-0.39, 0.29) is 6.29 Å². The fourth-order valence-electron chi connectivity index (χ4n) is 1.92. The Hall–Kier alpha value is -0.550. The third-order valence-corrected chi connectivity index (χ3v) is 4.14. The number of ether oxygens (including phenoxy) is 2. The van der Waals surface area contributed by atoms with Gasteiger partial charge in [0.1, 0.15) is 0 Å². The minimum Gasteiger partial charge on any atom is -0.352 e. The van der Waals surface area contributed by atoms with Gasteiger partial charge < -0.3 is 14.4 Å². The lowest BCUT2D eigenvalue weighted by Gasteiger charge is -2.17. The van der Waals surface area contributed by atoms with Crippen molar-refractivity contribution in [2.24, 2.45) is 0 Å². The van der Waals surface area contributed by atoms with E-state index in [9.17, 15) is 0 Å². The van der Waals surface area contributed by atoms with Crippen molar-refractivity contribution in [3.63, 3.8) is 0 Å². The maximum absolute atomic E-state index is 5.23. The van der Waals surface area contributed by atoms with Crippen molar-refractivity contribution in [1.29, 1.82) is 0 Å². The summed E-state index contributed by atoms with van der Waals surface area (Å²) in [6.45, 7) is 7.80. The fraction of sp³-hybridized carbons (Fsp3) is 0.600. The summed E-state index contributed by atoms with van der Waals surface area (Å²) < 4.78 is 10.5. The Labute approximate surface area is 121 Å². The lowest BCUT2D eigenvalue weighted by Crippen LogP contribution is -2.25. The molecular weight excluding hydrogens is 258 g/mol. The molecule has 108 valence electrons. The quantitative estimate of drug-likeness (QED) is 0.511. The standard InChI is InChI=1S/C15H25NO2S/c1-5-16(6-2)11-12-19-14-9-7-13(8-10-14)15(17-3)18-4/h7-10,15H,5-6,11-12H2,1-4H3. The van der Waals surface area contributed by atoms with Crippen LogP contribution in [0.15, 0.2) is 29.2 Å². The van der Waals surface area contributed by atoms with Crippen molar-refractivity contribution in [2.45, 2.75) is 25.0 Å². The van der Waals surface area contributed by atoms with E-state index >= 15 is 0 Å². The van der Waals surface area contributed by atoms with E-state index in [1.54, 1.807) is 14.2 Å². The second-order valence-electron chi connectivity index (χ2n) is 4.25. The molecule has 0 saturated carbocycles. The summed E-state index contributed by atoms with van der Waals surface area (Å²) in [7, 11) is 3.31. The SMILES string of the molecule is CCN(CC)CCSc1ccc(C(OC)OC)cc1.